The van der Waals surface area contributed by atoms with Crippen LogP contribution in [0.2, 0.25) is 5.02 Å². The Labute approximate surface area is 113 Å². The van der Waals surface area contributed by atoms with Crippen LogP contribution in [0.25, 0.3) is 11.3 Å². The average Bonchev–Trinajstić information content (AvgIpc) is 2.38. The molecule has 0 aliphatic heterocycles. The zero-order chi connectivity index (χ0) is 14.0. The molecule has 5 nitrogen and oxygen atoms in total. The molecule has 1 N–H and O–H groups in total. The topological polar surface area (TPSA) is 68.1 Å². The highest BCUT2D eigenvalue weighted by Gasteiger charge is 2.14. The molecule has 0 atom stereocenters. The van der Waals surface area contributed by atoms with Gasteiger partial charge in [-0.1, -0.05) is 11.6 Å². The van der Waals surface area contributed by atoms with E-state index < -0.39 is 10.7 Å². The van der Waals surface area contributed by atoms with Gasteiger partial charge in [-0.25, -0.2) is 9.37 Å². The van der Waals surface area contributed by atoms with E-state index in [0.717, 1.165) is 6.07 Å². The predicted molar refractivity (Wildman–Crippen MR) is 70.8 cm³/mol. The van der Waals surface area contributed by atoms with Crippen LogP contribution in [-0.4, -0.2) is 17.0 Å². The molecule has 98 valence electrons. The highest BCUT2D eigenvalue weighted by Crippen LogP contribution is 2.28. The van der Waals surface area contributed by atoms with Gasteiger partial charge in [0.15, 0.2) is 0 Å². The maximum atomic E-state index is 13.8. The minimum absolute atomic E-state index is 0.157. The van der Waals surface area contributed by atoms with E-state index in [9.17, 15) is 14.5 Å². The number of pyridine rings is 1. The number of hydrogen-bond acceptors (Lipinski definition) is 4. The third kappa shape index (κ3) is 2.79. The number of nitro groups is 1. The van der Waals surface area contributed by atoms with Gasteiger partial charge in [0.1, 0.15) is 11.6 Å². The number of benzene rings is 1. The summed E-state index contributed by atoms with van der Waals surface area (Å²) in [6.07, 6.45) is 0. The molecular weight excluding hydrogens is 273 g/mol. The van der Waals surface area contributed by atoms with Crippen LogP contribution in [0.3, 0.4) is 0 Å². The Morgan fingerprint density at radius 1 is 1.37 bits per heavy atom. The minimum atomic E-state index is -0.581. The van der Waals surface area contributed by atoms with Crippen LogP contribution in [0.4, 0.5) is 15.9 Å². The van der Waals surface area contributed by atoms with Crippen molar-refractivity contribution in [3.05, 3.63) is 51.3 Å². The molecule has 1 aromatic heterocycles. The Bertz CT molecular complexity index is 649. The highest BCUT2D eigenvalue weighted by molar-refractivity contribution is 6.30. The smallest absolute Gasteiger partial charge is 0.275 e. The number of aromatic nitrogens is 1. The van der Waals surface area contributed by atoms with E-state index >= 15 is 0 Å². The Hall–Kier alpha value is -2.21. The second-order valence-electron chi connectivity index (χ2n) is 3.73. The third-order valence-electron chi connectivity index (χ3n) is 2.48. The highest BCUT2D eigenvalue weighted by atomic mass is 35.5. The fourth-order valence-corrected chi connectivity index (χ4v) is 1.74. The van der Waals surface area contributed by atoms with Crippen molar-refractivity contribution < 1.29 is 9.31 Å². The first-order valence-corrected chi connectivity index (χ1v) is 5.68. The first kappa shape index (κ1) is 13.2. The third-order valence-corrected chi connectivity index (χ3v) is 2.72. The molecule has 0 bridgehead atoms. The summed E-state index contributed by atoms with van der Waals surface area (Å²) in [4.78, 5) is 14.4. The van der Waals surface area contributed by atoms with Crippen LogP contribution in [0.5, 0.6) is 0 Å². The van der Waals surface area contributed by atoms with Gasteiger partial charge in [-0.15, -0.1) is 0 Å². The number of hydrogen-bond donors (Lipinski definition) is 1. The van der Waals surface area contributed by atoms with Crippen LogP contribution in [0.1, 0.15) is 0 Å². The molecule has 0 aliphatic rings. The summed E-state index contributed by atoms with van der Waals surface area (Å²) in [5.74, 6) is -0.291. The molecule has 2 rings (SSSR count). The number of nitrogens with one attached hydrogen (secondary N) is 1. The molecule has 0 amide bonds. The lowest BCUT2D eigenvalue weighted by molar-refractivity contribution is -0.384. The zero-order valence-corrected chi connectivity index (χ0v) is 10.6. The maximum Gasteiger partial charge on any atom is 0.275 e. The fraction of sp³-hybridized carbons (Fsp3) is 0.0833. The van der Waals surface area contributed by atoms with Gasteiger partial charge in [-0.2, -0.15) is 0 Å². The van der Waals surface area contributed by atoms with Crippen molar-refractivity contribution in [2.45, 2.75) is 0 Å². The summed E-state index contributed by atoms with van der Waals surface area (Å²) in [6.45, 7) is 0. The Morgan fingerprint density at radius 2 is 2.11 bits per heavy atom. The summed E-state index contributed by atoms with van der Waals surface area (Å²) in [5, 5.41) is 13.8. The van der Waals surface area contributed by atoms with E-state index in [1.807, 2.05) is 0 Å². The van der Waals surface area contributed by atoms with Gasteiger partial charge in [-0.3, -0.25) is 10.1 Å². The molecule has 0 saturated carbocycles. The fourth-order valence-electron chi connectivity index (χ4n) is 1.58. The van der Waals surface area contributed by atoms with Gasteiger partial charge >= 0.3 is 0 Å². The van der Waals surface area contributed by atoms with E-state index in [1.54, 1.807) is 7.05 Å². The van der Waals surface area contributed by atoms with Crippen LogP contribution in [0, 0.1) is 15.9 Å². The molecule has 0 aliphatic carbocycles. The van der Waals surface area contributed by atoms with Crippen molar-refractivity contribution in [3.63, 3.8) is 0 Å². The van der Waals surface area contributed by atoms with Gasteiger partial charge in [-0.05, 0) is 18.2 Å². The second kappa shape index (κ2) is 5.19. The van der Waals surface area contributed by atoms with Gasteiger partial charge in [0.2, 0.25) is 0 Å². The average molecular weight is 282 g/mol. The monoisotopic (exact) mass is 281 g/mol. The summed E-state index contributed by atoms with van der Waals surface area (Å²) < 4.78 is 13.8. The molecular formula is C12H9ClFN3O2. The molecule has 7 heteroatoms. The molecule has 0 radical (unpaired) electrons. The van der Waals surface area contributed by atoms with Gasteiger partial charge in [0, 0.05) is 23.7 Å². The summed E-state index contributed by atoms with van der Waals surface area (Å²) in [7, 11) is 1.58. The molecule has 2 aromatic rings. The van der Waals surface area contributed by atoms with Crippen LogP contribution in [-0.2, 0) is 0 Å². The second-order valence-corrected chi connectivity index (χ2v) is 4.16. The van der Waals surface area contributed by atoms with Crippen molar-refractivity contribution in [2.75, 3.05) is 12.4 Å². The van der Waals surface area contributed by atoms with E-state index in [1.165, 1.54) is 24.3 Å². The Kier molecular flexibility index (Phi) is 3.62. The SMILES string of the molecule is CNc1cc([N+](=O)[O-])cc(-c2ccc(Cl)cc2F)n1. The predicted octanol–water partition coefficient (Wildman–Crippen LogP) is 3.49. The van der Waals surface area contributed by atoms with E-state index in [2.05, 4.69) is 10.3 Å². The summed E-state index contributed by atoms with van der Waals surface area (Å²) in [6, 6.07) is 6.56. The molecule has 1 aromatic carbocycles. The zero-order valence-electron chi connectivity index (χ0n) is 9.85. The maximum absolute atomic E-state index is 13.8. The molecule has 0 fully saturated rings. The van der Waals surface area contributed by atoms with Crippen molar-refractivity contribution in [1.82, 2.24) is 4.98 Å². The number of halogens is 2. The standard InChI is InChI=1S/C12H9ClFN3O2/c1-15-12-6-8(17(18)19)5-11(16-12)9-3-2-7(13)4-10(9)14/h2-6H,1H3,(H,15,16). The minimum Gasteiger partial charge on any atom is -0.373 e. The van der Waals surface area contributed by atoms with Crippen molar-refractivity contribution in [1.29, 1.82) is 0 Å². The Morgan fingerprint density at radius 3 is 2.68 bits per heavy atom. The number of anilines is 1. The molecule has 0 spiro atoms. The van der Waals surface area contributed by atoms with Crippen molar-refractivity contribution >= 4 is 23.1 Å². The van der Waals surface area contributed by atoms with Crippen LogP contribution < -0.4 is 5.32 Å². The normalized spacial score (nSPS) is 10.3. The lowest BCUT2D eigenvalue weighted by atomic mass is 10.1. The van der Waals surface area contributed by atoms with E-state index in [-0.39, 0.29) is 22.0 Å². The summed E-state index contributed by atoms with van der Waals surface area (Å²) >= 11 is 5.66. The Balaban J connectivity index is 2.60. The van der Waals surface area contributed by atoms with Crippen molar-refractivity contribution in [2.24, 2.45) is 0 Å². The number of nitrogens with zero attached hydrogens (tertiary/aromatic N) is 2. The lowest BCUT2D eigenvalue weighted by Crippen LogP contribution is -1.98. The van der Waals surface area contributed by atoms with Crippen LogP contribution >= 0.6 is 11.6 Å². The molecule has 0 unspecified atom stereocenters. The first-order valence-electron chi connectivity index (χ1n) is 5.31. The van der Waals surface area contributed by atoms with E-state index in [0.29, 0.717) is 5.82 Å². The summed E-state index contributed by atoms with van der Waals surface area (Å²) in [5.41, 5.74) is 0.168. The molecule has 1 heterocycles. The van der Waals surface area contributed by atoms with Gasteiger partial charge in [0.05, 0.1) is 16.7 Å². The quantitative estimate of drug-likeness (QED) is 0.691. The van der Waals surface area contributed by atoms with Crippen molar-refractivity contribution in [3.8, 4) is 11.3 Å². The molecule has 0 saturated heterocycles. The van der Waals surface area contributed by atoms with Gasteiger partial charge in [0.25, 0.3) is 5.69 Å². The lowest BCUT2D eigenvalue weighted by Gasteiger charge is -2.06. The molecule has 19 heavy (non-hydrogen) atoms. The number of rotatable bonds is 3. The largest absolute Gasteiger partial charge is 0.373 e. The van der Waals surface area contributed by atoms with Crippen LogP contribution in [0.15, 0.2) is 30.3 Å². The van der Waals surface area contributed by atoms with Gasteiger partial charge < -0.3 is 5.32 Å². The van der Waals surface area contributed by atoms with E-state index in [4.69, 9.17) is 11.6 Å². The first-order chi connectivity index (χ1) is 9.01.